The largest absolute Gasteiger partial charge is 0.455 e. The van der Waals surface area contributed by atoms with E-state index in [0.29, 0.717) is 0 Å². The summed E-state index contributed by atoms with van der Waals surface area (Å²) in [6, 6.07) is -2.20. The molecule has 0 radical (unpaired) electrons. The summed E-state index contributed by atoms with van der Waals surface area (Å²) < 4.78 is 41.1. The number of halogens is 3. The van der Waals surface area contributed by atoms with Crippen LogP contribution in [0.1, 0.15) is 0 Å². The molecule has 1 aliphatic rings. The second-order valence-electron chi connectivity index (χ2n) is 3.87. The lowest BCUT2D eigenvalue weighted by atomic mass is 9.88. The number of Topliss-reactive ketones (excluding diaryl/α,β-unsaturated/α-hetero) is 1. The number of rotatable bonds is 2. The molecule has 6 N–H and O–H groups in total. The molecule has 10 heteroatoms. The summed E-state index contributed by atoms with van der Waals surface area (Å²) in [5, 5.41) is 36.9. The molecular weight excluding hydrogens is 263 g/mol. The second kappa shape index (κ2) is 4.72. The van der Waals surface area contributed by atoms with Gasteiger partial charge in [0.2, 0.25) is 0 Å². The molecule has 1 saturated heterocycles. The fraction of sp³-hybridized carbons (Fsp3) is 0.875. The van der Waals surface area contributed by atoms with Crippen molar-refractivity contribution in [3.8, 4) is 0 Å². The van der Waals surface area contributed by atoms with Crippen molar-refractivity contribution < 1.29 is 43.1 Å². The van der Waals surface area contributed by atoms with Crippen LogP contribution in [0.2, 0.25) is 0 Å². The van der Waals surface area contributed by atoms with Crippen molar-refractivity contribution in [3.05, 3.63) is 0 Å². The van der Waals surface area contributed by atoms with E-state index in [9.17, 15) is 33.3 Å². The summed E-state index contributed by atoms with van der Waals surface area (Å²) in [6.45, 7) is -1.02. The highest BCUT2D eigenvalue weighted by Gasteiger charge is 2.62. The quantitative estimate of drug-likeness (QED) is 0.369. The van der Waals surface area contributed by atoms with Gasteiger partial charge in [0.25, 0.3) is 11.6 Å². The Morgan fingerprint density at radius 3 is 2.22 bits per heavy atom. The number of ether oxygens (including phenoxy) is 1. The highest BCUT2D eigenvalue weighted by atomic mass is 19.4. The van der Waals surface area contributed by atoms with Crippen LogP contribution in [0.3, 0.4) is 0 Å². The van der Waals surface area contributed by atoms with Gasteiger partial charge in [-0.3, -0.25) is 4.79 Å². The maximum Gasteiger partial charge on any atom is 0.455 e. The third-order valence-electron chi connectivity index (χ3n) is 2.64. The first-order valence-electron chi connectivity index (χ1n) is 4.80. The standard InChI is InChI=1S/C8H12F3NO6/c9-8(10,11)6(16)7(17)5(12)4(15)3(14)2(1-13)18-7/h2-5,13-15,17H,1,12H2/t2-,3-,4+,5-,7?/m1/s1. The molecule has 18 heavy (non-hydrogen) atoms. The highest BCUT2D eigenvalue weighted by Crippen LogP contribution is 2.33. The molecule has 0 aromatic carbocycles. The Labute approximate surface area is 98.6 Å². The summed E-state index contributed by atoms with van der Waals surface area (Å²) >= 11 is 0. The van der Waals surface area contributed by atoms with Crippen LogP contribution in [0.4, 0.5) is 13.2 Å². The summed E-state index contributed by atoms with van der Waals surface area (Å²) in [6.07, 6.45) is -11.1. The predicted octanol–water partition coefficient (Wildman–Crippen LogP) is -2.75. The van der Waals surface area contributed by atoms with Crippen molar-refractivity contribution in [2.45, 2.75) is 36.3 Å². The molecule has 1 aliphatic heterocycles. The molecule has 0 saturated carbocycles. The number of aliphatic hydroxyl groups excluding tert-OH is 3. The van der Waals surface area contributed by atoms with Crippen LogP contribution in [-0.4, -0.2) is 69.1 Å². The van der Waals surface area contributed by atoms with Gasteiger partial charge in [-0.05, 0) is 0 Å². The number of aliphatic hydroxyl groups is 4. The van der Waals surface area contributed by atoms with Gasteiger partial charge in [-0.15, -0.1) is 0 Å². The van der Waals surface area contributed by atoms with Crippen molar-refractivity contribution in [1.82, 2.24) is 0 Å². The maximum absolute atomic E-state index is 12.3. The van der Waals surface area contributed by atoms with E-state index in [-0.39, 0.29) is 0 Å². The molecule has 1 rings (SSSR count). The van der Waals surface area contributed by atoms with Gasteiger partial charge in [0.1, 0.15) is 18.3 Å². The van der Waals surface area contributed by atoms with Crippen LogP contribution in [-0.2, 0) is 9.53 Å². The van der Waals surface area contributed by atoms with Crippen molar-refractivity contribution >= 4 is 5.78 Å². The molecule has 1 fully saturated rings. The van der Waals surface area contributed by atoms with Crippen LogP contribution in [0.25, 0.3) is 0 Å². The first-order chi connectivity index (χ1) is 8.05. The fourth-order valence-corrected chi connectivity index (χ4v) is 1.60. The summed E-state index contributed by atoms with van der Waals surface area (Å²) in [5.41, 5.74) is 5.07. The van der Waals surface area contributed by atoms with Gasteiger partial charge in [-0.25, -0.2) is 0 Å². The Hall–Kier alpha value is -0.780. The van der Waals surface area contributed by atoms with Crippen LogP contribution in [0.15, 0.2) is 0 Å². The first kappa shape index (κ1) is 15.3. The number of alkyl halides is 3. The lowest BCUT2D eigenvalue weighted by molar-refractivity contribution is -0.310. The number of hydrogen-bond donors (Lipinski definition) is 5. The Balaban J connectivity index is 3.10. The fourth-order valence-electron chi connectivity index (χ4n) is 1.60. The zero-order valence-corrected chi connectivity index (χ0v) is 8.83. The SMILES string of the molecule is N[C@@H]1[C@@H](O)[C@H](O)[C@@H](CO)OC1(O)C(=O)C(F)(F)F. The van der Waals surface area contributed by atoms with Gasteiger partial charge >= 0.3 is 6.18 Å². The number of hydrogen-bond acceptors (Lipinski definition) is 7. The van der Waals surface area contributed by atoms with Gasteiger partial charge in [0, 0.05) is 0 Å². The Morgan fingerprint density at radius 1 is 1.33 bits per heavy atom. The third-order valence-corrected chi connectivity index (χ3v) is 2.64. The van der Waals surface area contributed by atoms with E-state index in [0.717, 1.165) is 0 Å². The first-order valence-corrected chi connectivity index (χ1v) is 4.80. The second-order valence-corrected chi connectivity index (χ2v) is 3.87. The number of ketones is 1. The highest BCUT2D eigenvalue weighted by molar-refractivity contribution is 5.91. The molecule has 0 spiro atoms. The Bertz CT molecular complexity index is 335. The van der Waals surface area contributed by atoms with Crippen LogP contribution in [0.5, 0.6) is 0 Å². The molecule has 0 bridgehead atoms. The van der Waals surface area contributed by atoms with Crippen LogP contribution < -0.4 is 5.73 Å². The molecular formula is C8H12F3NO6. The normalized spacial score (nSPS) is 41.8. The average molecular weight is 275 g/mol. The van der Waals surface area contributed by atoms with E-state index in [1.165, 1.54) is 0 Å². The zero-order chi connectivity index (χ0) is 14.3. The predicted molar refractivity (Wildman–Crippen MR) is 48.0 cm³/mol. The minimum Gasteiger partial charge on any atom is -0.394 e. The third kappa shape index (κ3) is 2.35. The van der Waals surface area contributed by atoms with Crippen molar-refractivity contribution in [2.75, 3.05) is 6.61 Å². The summed E-state index contributed by atoms with van der Waals surface area (Å²) in [4.78, 5) is 11.0. The number of carbonyl (C=O) groups is 1. The smallest absolute Gasteiger partial charge is 0.394 e. The maximum atomic E-state index is 12.3. The minimum absolute atomic E-state index is 1.02. The van der Waals surface area contributed by atoms with Crippen molar-refractivity contribution in [3.63, 3.8) is 0 Å². The minimum atomic E-state index is -5.45. The molecule has 1 heterocycles. The van der Waals surface area contributed by atoms with Crippen LogP contribution >= 0.6 is 0 Å². The molecule has 5 atom stereocenters. The van der Waals surface area contributed by atoms with E-state index in [1.807, 2.05) is 0 Å². The molecule has 0 amide bonds. The topological polar surface area (TPSA) is 133 Å². The van der Waals surface area contributed by atoms with Crippen molar-refractivity contribution in [1.29, 1.82) is 0 Å². The average Bonchev–Trinajstić information content (AvgIpc) is 2.29. The van der Waals surface area contributed by atoms with Gasteiger partial charge in [0.05, 0.1) is 12.6 Å². The Morgan fingerprint density at radius 2 is 1.83 bits per heavy atom. The Kier molecular flexibility index (Phi) is 4.00. The molecule has 0 aliphatic carbocycles. The number of carbonyl (C=O) groups excluding carboxylic acids is 1. The van der Waals surface area contributed by atoms with E-state index in [4.69, 9.17) is 10.8 Å². The molecule has 0 aromatic rings. The molecule has 7 nitrogen and oxygen atoms in total. The molecule has 106 valence electrons. The lowest BCUT2D eigenvalue weighted by Gasteiger charge is -2.44. The lowest BCUT2D eigenvalue weighted by Crippen LogP contribution is -2.72. The van der Waals surface area contributed by atoms with E-state index >= 15 is 0 Å². The zero-order valence-electron chi connectivity index (χ0n) is 8.83. The van der Waals surface area contributed by atoms with Crippen LogP contribution in [0, 0.1) is 0 Å². The van der Waals surface area contributed by atoms with Gasteiger partial charge in [-0.2, -0.15) is 13.2 Å². The van der Waals surface area contributed by atoms with E-state index in [1.54, 1.807) is 0 Å². The summed E-state index contributed by atoms with van der Waals surface area (Å²) in [5.74, 6) is -6.27. The van der Waals surface area contributed by atoms with Gasteiger partial charge in [-0.1, -0.05) is 0 Å². The monoisotopic (exact) mass is 275 g/mol. The summed E-state index contributed by atoms with van der Waals surface area (Å²) in [7, 11) is 0. The molecule has 0 aromatic heterocycles. The van der Waals surface area contributed by atoms with Gasteiger partial charge < -0.3 is 30.9 Å². The molecule has 1 unspecified atom stereocenters. The van der Waals surface area contributed by atoms with E-state index in [2.05, 4.69) is 4.74 Å². The number of nitrogens with two attached hydrogens (primary N) is 1. The van der Waals surface area contributed by atoms with Gasteiger partial charge in [0.15, 0.2) is 0 Å². The van der Waals surface area contributed by atoms with E-state index < -0.39 is 48.7 Å². The van der Waals surface area contributed by atoms with Crippen molar-refractivity contribution in [2.24, 2.45) is 5.73 Å².